The van der Waals surface area contributed by atoms with Crippen molar-refractivity contribution >= 4 is 17.3 Å². The smallest absolute Gasteiger partial charge is 0.199 e. The van der Waals surface area contributed by atoms with Crippen molar-refractivity contribution < 1.29 is 14.7 Å². The molecule has 22 heavy (non-hydrogen) atoms. The number of carbonyl (C=O) groups is 2. The van der Waals surface area contributed by atoms with E-state index in [2.05, 4.69) is 6.58 Å². The van der Waals surface area contributed by atoms with Gasteiger partial charge in [-0.25, -0.2) is 0 Å². The molecule has 0 aliphatic carbocycles. The van der Waals surface area contributed by atoms with Crippen LogP contribution in [0.2, 0.25) is 0 Å². The summed E-state index contributed by atoms with van der Waals surface area (Å²) >= 11 is 0. The first-order chi connectivity index (χ1) is 9.99. The molecule has 1 aromatic rings. The van der Waals surface area contributed by atoms with Gasteiger partial charge in [0.15, 0.2) is 11.6 Å². The summed E-state index contributed by atoms with van der Waals surface area (Å²) in [6.45, 7) is 9.96. The highest BCUT2D eigenvalue weighted by Crippen LogP contribution is 2.24. The Morgan fingerprint density at radius 3 is 2.09 bits per heavy atom. The molecule has 2 N–H and O–H groups in total. The summed E-state index contributed by atoms with van der Waals surface area (Å²) in [5, 5.41) is 17.7. The molecule has 118 valence electrons. The lowest BCUT2D eigenvalue weighted by Gasteiger charge is -2.24. The third kappa shape index (κ3) is 4.21. The van der Waals surface area contributed by atoms with Crippen LogP contribution in [0.5, 0.6) is 0 Å². The maximum absolute atomic E-state index is 12.0. The Morgan fingerprint density at radius 1 is 1.18 bits per heavy atom. The minimum atomic E-state index is -1.40. The highest BCUT2D eigenvalue weighted by atomic mass is 16.3. The molecule has 0 unspecified atom stereocenters. The van der Waals surface area contributed by atoms with Crippen LogP contribution in [-0.2, 0) is 11.2 Å². The molecule has 1 rings (SSSR count). The maximum atomic E-state index is 12.0. The number of nitrogens with one attached hydrogen (secondary N) is 1. The lowest BCUT2D eigenvalue weighted by molar-refractivity contribution is -0.109. The first-order valence-corrected chi connectivity index (χ1v) is 7.11. The fourth-order valence-corrected chi connectivity index (χ4v) is 2.16. The van der Waals surface area contributed by atoms with Crippen LogP contribution in [0.15, 0.2) is 36.9 Å². The molecule has 0 amide bonds. The number of carbonyl (C=O) groups excluding carboxylic acids is 2. The van der Waals surface area contributed by atoms with Gasteiger partial charge in [0.2, 0.25) is 0 Å². The molecule has 0 saturated carbocycles. The molecule has 0 radical (unpaired) electrons. The van der Waals surface area contributed by atoms with Gasteiger partial charge in [0.25, 0.3) is 0 Å². The summed E-state index contributed by atoms with van der Waals surface area (Å²) < 4.78 is 0. The zero-order valence-corrected chi connectivity index (χ0v) is 13.6. The van der Waals surface area contributed by atoms with Crippen molar-refractivity contribution in [3.63, 3.8) is 0 Å². The normalized spacial score (nSPS) is 11.9. The number of Topliss-reactive ketones (excluding diaryl/α,β-unsaturated/α-hetero) is 1. The molecule has 0 saturated heterocycles. The van der Waals surface area contributed by atoms with Gasteiger partial charge in [0.1, 0.15) is 5.60 Å². The molecule has 0 aromatic heterocycles. The fourth-order valence-electron chi connectivity index (χ4n) is 2.16. The molecule has 4 heteroatoms. The lowest BCUT2D eigenvalue weighted by Crippen LogP contribution is -2.32. The van der Waals surface area contributed by atoms with Gasteiger partial charge in [0, 0.05) is 11.0 Å². The van der Waals surface area contributed by atoms with E-state index in [0.717, 1.165) is 11.6 Å². The molecule has 1 aromatic carbocycles. The van der Waals surface area contributed by atoms with E-state index in [1.165, 1.54) is 13.8 Å². The zero-order chi connectivity index (χ0) is 17.1. The highest BCUT2D eigenvalue weighted by molar-refractivity contribution is 6.44. The Hall–Kier alpha value is -2.07. The van der Waals surface area contributed by atoms with Gasteiger partial charge in [-0.2, -0.15) is 0 Å². The number of allylic oxidation sites excluding steroid dienone is 1. The van der Waals surface area contributed by atoms with Crippen LogP contribution in [0.3, 0.4) is 0 Å². The van der Waals surface area contributed by atoms with Crippen LogP contribution in [0.1, 0.15) is 43.6 Å². The van der Waals surface area contributed by atoms with Gasteiger partial charge in [0.05, 0.1) is 5.71 Å². The van der Waals surface area contributed by atoms with Crippen LogP contribution in [0.25, 0.3) is 0 Å². The van der Waals surface area contributed by atoms with E-state index in [4.69, 9.17) is 5.41 Å². The Labute approximate surface area is 131 Å². The molecule has 0 aliphatic heterocycles. The quantitative estimate of drug-likeness (QED) is 0.461. The van der Waals surface area contributed by atoms with E-state index in [1.54, 1.807) is 24.3 Å². The topological polar surface area (TPSA) is 78.2 Å². The largest absolute Gasteiger partial charge is 0.382 e. The monoisotopic (exact) mass is 301 g/mol. The van der Waals surface area contributed by atoms with Gasteiger partial charge in [-0.05, 0) is 31.9 Å². The van der Waals surface area contributed by atoms with Crippen molar-refractivity contribution in [2.45, 2.75) is 39.7 Å². The fraction of sp³-hybridized carbons (Fsp3) is 0.389. The maximum Gasteiger partial charge on any atom is 0.199 e. The number of aliphatic hydroxyl groups is 1. The van der Waals surface area contributed by atoms with E-state index in [0.29, 0.717) is 12.0 Å². The Kier molecular flexibility index (Phi) is 5.20. The summed E-state index contributed by atoms with van der Waals surface area (Å²) in [4.78, 5) is 23.5. The van der Waals surface area contributed by atoms with Gasteiger partial charge in [-0.15, -0.1) is 0 Å². The second-order valence-electron chi connectivity index (χ2n) is 6.59. The SMILES string of the molecule is C=CC(=O)C(=N)C(C)(C)Cc1ccc(C(=O)C(C)(C)O)cc1. The standard InChI is InChI=1S/C18H23NO3/c1-6-14(20)15(19)17(2,3)11-12-7-9-13(10-8-12)16(21)18(4,5)22/h6-10,19,22H,1,11H2,2-5H3. The third-order valence-electron chi connectivity index (χ3n) is 3.53. The molecule has 0 spiro atoms. The average molecular weight is 301 g/mol. The third-order valence-corrected chi connectivity index (χ3v) is 3.53. The molecule has 4 nitrogen and oxygen atoms in total. The molecule has 0 fully saturated rings. The van der Waals surface area contributed by atoms with Crippen molar-refractivity contribution in [2.24, 2.45) is 5.41 Å². The van der Waals surface area contributed by atoms with Crippen LogP contribution in [-0.4, -0.2) is 28.0 Å². The van der Waals surface area contributed by atoms with E-state index in [9.17, 15) is 14.7 Å². The minimum Gasteiger partial charge on any atom is -0.382 e. The average Bonchev–Trinajstić information content (AvgIpc) is 2.44. The number of hydrogen-bond donors (Lipinski definition) is 2. The minimum absolute atomic E-state index is 0.0131. The Bertz CT molecular complexity index is 604. The van der Waals surface area contributed by atoms with Crippen LogP contribution in [0, 0.1) is 10.8 Å². The zero-order valence-electron chi connectivity index (χ0n) is 13.6. The summed E-state index contributed by atoms with van der Waals surface area (Å²) in [7, 11) is 0. The number of rotatable bonds is 7. The van der Waals surface area contributed by atoms with Crippen LogP contribution < -0.4 is 0 Å². The summed E-state index contributed by atoms with van der Waals surface area (Å²) in [5.74, 6) is -0.716. The van der Waals surface area contributed by atoms with E-state index < -0.39 is 11.0 Å². The van der Waals surface area contributed by atoms with Crippen molar-refractivity contribution in [3.05, 3.63) is 48.0 Å². The number of benzene rings is 1. The van der Waals surface area contributed by atoms with Gasteiger partial charge >= 0.3 is 0 Å². The highest BCUT2D eigenvalue weighted by Gasteiger charge is 2.28. The van der Waals surface area contributed by atoms with E-state index >= 15 is 0 Å². The summed E-state index contributed by atoms with van der Waals surface area (Å²) in [6.07, 6.45) is 1.65. The van der Waals surface area contributed by atoms with E-state index in [1.807, 2.05) is 13.8 Å². The number of hydrogen-bond acceptors (Lipinski definition) is 4. The molecular weight excluding hydrogens is 278 g/mol. The van der Waals surface area contributed by atoms with Crippen LogP contribution >= 0.6 is 0 Å². The predicted octanol–water partition coefficient (Wildman–Crippen LogP) is 2.98. The van der Waals surface area contributed by atoms with Gasteiger partial charge < -0.3 is 10.5 Å². The predicted molar refractivity (Wildman–Crippen MR) is 87.5 cm³/mol. The van der Waals surface area contributed by atoms with Crippen molar-refractivity contribution in [2.75, 3.05) is 0 Å². The molecule has 0 atom stereocenters. The summed E-state index contributed by atoms with van der Waals surface area (Å²) in [5.41, 5.74) is -0.656. The molecule has 0 aliphatic rings. The van der Waals surface area contributed by atoms with Crippen molar-refractivity contribution in [3.8, 4) is 0 Å². The first kappa shape index (κ1) is 18.0. The number of ketones is 2. The van der Waals surface area contributed by atoms with Crippen molar-refractivity contribution in [1.29, 1.82) is 5.41 Å². The van der Waals surface area contributed by atoms with Crippen molar-refractivity contribution in [1.82, 2.24) is 0 Å². The Balaban J connectivity index is 2.93. The van der Waals surface area contributed by atoms with E-state index in [-0.39, 0.29) is 17.3 Å². The molecule has 0 heterocycles. The van der Waals surface area contributed by atoms with Crippen LogP contribution in [0.4, 0.5) is 0 Å². The molecule has 0 bridgehead atoms. The van der Waals surface area contributed by atoms with Gasteiger partial charge in [-0.3, -0.25) is 9.59 Å². The lowest BCUT2D eigenvalue weighted by atomic mass is 9.79. The second-order valence-corrected chi connectivity index (χ2v) is 6.59. The van der Waals surface area contributed by atoms with Gasteiger partial charge in [-0.1, -0.05) is 44.7 Å². The summed E-state index contributed by atoms with van der Waals surface area (Å²) in [6, 6.07) is 6.88. The first-order valence-electron chi connectivity index (χ1n) is 7.11. The molecular formula is C18H23NO3. The Morgan fingerprint density at radius 2 is 1.68 bits per heavy atom. The second kappa shape index (κ2) is 6.36.